The minimum atomic E-state index is -2.91. The Kier molecular flexibility index (Phi) is 5.22. The van der Waals surface area contributed by atoms with Gasteiger partial charge in [-0.15, -0.1) is 10.2 Å². The van der Waals surface area contributed by atoms with Crippen molar-refractivity contribution in [2.75, 3.05) is 25.1 Å². The van der Waals surface area contributed by atoms with Crippen molar-refractivity contribution in [1.82, 2.24) is 24.8 Å². The number of hydrogen-bond acceptors (Lipinski definition) is 5. The third-order valence-corrected chi connectivity index (χ3v) is 6.35. The molecule has 0 unspecified atom stereocenters. The molecule has 136 valence electrons. The van der Waals surface area contributed by atoms with Crippen LogP contribution >= 0.6 is 0 Å². The standard InChI is InChI=1S/C16H23N5O3S/c1-20(13-7-11-25(23,24)12-8-13)16(22)17-9-4-6-15-19-18-14-5-2-3-10-21(14)15/h2-3,5,10,13H,4,6-9,11-12H2,1H3,(H,17,22). The normalized spacial score (nSPS) is 17.5. The van der Waals surface area contributed by atoms with Gasteiger partial charge in [-0.25, -0.2) is 13.2 Å². The number of pyridine rings is 1. The van der Waals surface area contributed by atoms with Crippen molar-refractivity contribution in [1.29, 1.82) is 0 Å². The van der Waals surface area contributed by atoms with Crippen molar-refractivity contribution in [3.63, 3.8) is 0 Å². The average Bonchev–Trinajstić information content (AvgIpc) is 3.01. The van der Waals surface area contributed by atoms with Crippen LogP contribution in [-0.4, -0.2) is 65.1 Å². The highest BCUT2D eigenvalue weighted by Crippen LogP contribution is 2.17. The number of hydrogen-bond donors (Lipinski definition) is 1. The van der Waals surface area contributed by atoms with Crippen molar-refractivity contribution in [2.45, 2.75) is 31.7 Å². The smallest absolute Gasteiger partial charge is 0.317 e. The van der Waals surface area contributed by atoms with E-state index >= 15 is 0 Å². The van der Waals surface area contributed by atoms with Gasteiger partial charge in [0.1, 0.15) is 15.7 Å². The third kappa shape index (κ3) is 4.28. The van der Waals surface area contributed by atoms with Crippen molar-refractivity contribution in [3.8, 4) is 0 Å². The van der Waals surface area contributed by atoms with Crippen molar-refractivity contribution >= 4 is 21.5 Å². The Bertz CT molecular complexity index is 834. The predicted octanol–water partition coefficient (Wildman–Crippen LogP) is 0.880. The number of rotatable bonds is 5. The van der Waals surface area contributed by atoms with Crippen LogP contribution in [0.2, 0.25) is 0 Å². The highest BCUT2D eigenvalue weighted by atomic mass is 32.2. The van der Waals surface area contributed by atoms with Crippen LogP contribution in [0.1, 0.15) is 25.1 Å². The van der Waals surface area contributed by atoms with E-state index in [9.17, 15) is 13.2 Å². The van der Waals surface area contributed by atoms with Crippen LogP contribution in [-0.2, 0) is 16.3 Å². The molecule has 8 nitrogen and oxygen atoms in total. The van der Waals surface area contributed by atoms with Crippen molar-refractivity contribution < 1.29 is 13.2 Å². The Morgan fingerprint density at radius 1 is 1.32 bits per heavy atom. The molecule has 25 heavy (non-hydrogen) atoms. The van der Waals surface area contributed by atoms with Gasteiger partial charge in [0, 0.05) is 32.3 Å². The lowest BCUT2D eigenvalue weighted by molar-refractivity contribution is 0.185. The number of nitrogens with one attached hydrogen (secondary N) is 1. The second kappa shape index (κ2) is 7.38. The lowest BCUT2D eigenvalue weighted by Crippen LogP contribution is -2.47. The molecule has 2 aromatic heterocycles. The number of carbonyl (C=O) groups excluding carboxylic acids is 1. The van der Waals surface area contributed by atoms with E-state index in [0.717, 1.165) is 24.3 Å². The van der Waals surface area contributed by atoms with Gasteiger partial charge >= 0.3 is 6.03 Å². The first kappa shape index (κ1) is 17.7. The minimum absolute atomic E-state index is 0.0102. The molecule has 1 aliphatic heterocycles. The molecule has 1 N–H and O–H groups in total. The van der Waals surface area contributed by atoms with E-state index < -0.39 is 9.84 Å². The van der Waals surface area contributed by atoms with Crippen LogP contribution in [0.3, 0.4) is 0 Å². The topological polar surface area (TPSA) is 96.7 Å². The fourth-order valence-electron chi connectivity index (χ4n) is 3.06. The first-order valence-electron chi connectivity index (χ1n) is 8.46. The largest absolute Gasteiger partial charge is 0.338 e. The fourth-order valence-corrected chi connectivity index (χ4v) is 4.53. The summed E-state index contributed by atoms with van der Waals surface area (Å²) in [5.41, 5.74) is 0.813. The second-order valence-corrected chi connectivity index (χ2v) is 8.68. The highest BCUT2D eigenvalue weighted by molar-refractivity contribution is 7.91. The SMILES string of the molecule is CN(C(=O)NCCCc1nnc2ccccn12)C1CCS(=O)(=O)CC1. The zero-order valence-electron chi connectivity index (χ0n) is 14.3. The van der Waals surface area contributed by atoms with Gasteiger partial charge in [0.25, 0.3) is 0 Å². The van der Waals surface area contributed by atoms with E-state index in [-0.39, 0.29) is 23.6 Å². The summed E-state index contributed by atoms with van der Waals surface area (Å²) in [6.07, 6.45) is 4.43. The van der Waals surface area contributed by atoms with Crippen LogP contribution in [0, 0.1) is 0 Å². The number of carbonyl (C=O) groups is 1. The summed E-state index contributed by atoms with van der Waals surface area (Å²) in [6, 6.07) is 5.58. The van der Waals surface area contributed by atoms with Gasteiger partial charge in [-0.1, -0.05) is 6.07 Å². The van der Waals surface area contributed by atoms with Gasteiger partial charge < -0.3 is 10.2 Å². The molecule has 0 aliphatic carbocycles. The molecule has 2 aromatic rings. The van der Waals surface area contributed by atoms with E-state index in [1.807, 2.05) is 28.8 Å². The first-order chi connectivity index (χ1) is 12.0. The molecule has 0 spiro atoms. The predicted molar refractivity (Wildman–Crippen MR) is 94.1 cm³/mol. The second-order valence-electron chi connectivity index (χ2n) is 6.37. The summed E-state index contributed by atoms with van der Waals surface area (Å²) in [6.45, 7) is 0.538. The molecule has 0 bridgehead atoms. The zero-order chi connectivity index (χ0) is 17.9. The summed E-state index contributed by atoms with van der Waals surface area (Å²) in [5, 5.41) is 11.2. The number of sulfone groups is 1. The molecule has 0 aromatic carbocycles. The molecule has 1 aliphatic rings. The number of amides is 2. The van der Waals surface area contributed by atoms with Gasteiger partial charge in [0.05, 0.1) is 11.5 Å². The fraction of sp³-hybridized carbons (Fsp3) is 0.562. The summed E-state index contributed by atoms with van der Waals surface area (Å²) in [4.78, 5) is 13.8. The zero-order valence-corrected chi connectivity index (χ0v) is 15.1. The molecule has 1 fully saturated rings. The molecular weight excluding hydrogens is 342 g/mol. The summed E-state index contributed by atoms with van der Waals surface area (Å²) in [5.74, 6) is 1.19. The minimum Gasteiger partial charge on any atom is -0.338 e. The van der Waals surface area contributed by atoms with Crippen LogP contribution in [0.25, 0.3) is 5.65 Å². The molecular formula is C16H23N5O3S. The van der Waals surface area contributed by atoms with E-state index in [1.54, 1.807) is 11.9 Å². The maximum atomic E-state index is 12.2. The molecule has 0 radical (unpaired) electrons. The lowest BCUT2D eigenvalue weighted by Gasteiger charge is -2.31. The molecule has 0 atom stereocenters. The molecule has 3 rings (SSSR count). The molecule has 2 amide bonds. The van der Waals surface area contributed by atoms with Crippen LogP contribution in [0.4, 0.5) is 4.79 Å². The quantitative estimate of drug-likeness (QED) is 0.794. The van der Waals surface area contributed by atoms with Gasteiger partial charge in [0.2, 0.25) is 0 Å². The number of urea groups is 1. The lowest BCUT2D eigenvalue weighted by atomic mass is 10.1. The number of fused-ring (bicyclic) bond motifs is 1. The maximum Gasteiger partial charge on any atom is 0.317 e. The van der Waals surface area contributed by atoms with E-state index in [4.69, 9.17) is 0 Å². The number of aryl methyl sites for hydroxylation is 1. The summed E-state index contributed by atoms with van der Waals surface area (Å²) < 4.78 is 24.9. The van der Waals surface area contributed by atoms with E-state index in [1.165, 1.54) is 0 Å². The van der Waals surface area contributed by atoms with Gasteiger partial charge in [-0.3, -0.25) is 4.40 Å². The third-order valence-electron chi connectivity index (χ3n) is 4.63. The van der Waals surface area contributed by atoms with E-state index in [0.29, 0.717) is 19.4 Å². The number of nitrogens with zero attached hydrogens (tertiary/aromatic N) is 4. The molecule has 0 saturated carbocycles. The van der Waals surface area contributed by atoms with Crippen LogP contribution < -0.4 is 5.32 Å². The van der Waals surface area contributed by atoms with Gasteiger partial charge in [-0.2, -0.15) is 0 Å². The molecule has 9 heteroatoms. The average molecular weight is 365 g/mol. The van der Waals surface area contributed by atoms with Crippen molar-refractivity contribution in [3.05, 3.63) is 30.2 Å². The van der Waals surface area contributed by atoms with Gasteiger partial charge in [-0.05, 0) is 31.4 Å². The molecule has 3 heterocycles. The van der Waals surface area contributed by atoms with Gasteiger partial charge in [0.15, 0.2) is 5.65 Å². The Morgan fingerprint density at radius 2 is 2.08 bits per heavy atom. The van der Waals surface area contributed by atoms with Crippen molar-refractivity contribution in [2.24, 2.45) is 0 Å². The Labute approximate surface area is 147 Å². The van der Waals surface area contributed by atoms with Crippen LogP contribution in [0.5, 0.6) is 0 Å². The Hall–Kier alpha value is -2.16. The maximum absolute atomic E-state index is 12.2. The van der Waals surface area contributed by atoms with E-state index in [2.05, 4.69) is 15.5 Å². The first-order valence-corrected chi connectivity index (χ1v) is 10.3. The Balaban J connectivity index is 1.43. The summed E-state index contributed by atoms with van der Waals surface area (Å²) in [7, 11) is -1.19. The monoisotopic (exact) mass is 365 g/mol. The number of aromatic nitrogens is 3. The Morgan fingerprint density at radius 3 is 2.84 bits per heavy atom. The molecule has 1 saturated heterocycles. The summed E-state index contributed by atoms with van der Waals surface area (Å²) >= 11 is 0. The highest BCUT2D eigenvalue weighted by Gasteiger charge is 2.28. The van der Waals surface area contributed by atoms with Crippen LogP contribution in [0.15, 0.2) is 24.4 Å².